The molecule has 2 N–H and O–H groups in total. The fourth-order valence-electron chi connectivity index (χ4n) is 2.28. The number of hydrogen-bond donors (Lipinski definition) is 2. The van der Waals surface area contributed by atoms with Crippen LogP contribution in [0.4, 0.5) is 20.2 Å². The van der Waals surface area contributed by atoms with E-state index in [0.717, 1.165) is 36.3 Å². The van der Waals surface area contributed by atoms with Gasteiger partial charge in [0.05, 0.1) is 10.6 Å². The summed E-state index contributed by atoms with van der Waals surface area (Å²) in [6, 6.07) is 6.95. The lowest BCUT2D eigenvalue weighted by Gasteiger charge is -2.08. The van der Waals surface area contributed by atoms with E-state index in [2.05, 4.69) is 10.6 Å². The Morgan fingerprint density at radius 3 is 2.81 bits per heavy atom. The third-order valence-corrected chi connectivity index (χ3v) is 3.62. The molecule has 0 spiro atoms. The summed E-state index contributed by atoms with van der Waals surface area (Å²) < 4.78 is 27.0. The second kappa shape index (κ2) is 5.33. The van der Waals surface area contributed by atoms with E-state index in [1.807, 2.05) is 12.1 Å². The van der Waals surface area contributed by atoms with Crippen molar-refractivity contribution in [2.24, 2.45) is 0 Å². The molecule has 1 heterocycles. The minimum absolute atomic E-state index is 0.354. The van der Waals surface area contributed by atoms with Gasteiger partial charge in [0.15, 0.2) is 0 Å². The maximum absolute atomic E-state index is 13.7. The maximum Gasteiger partial charge on any atom is 0.258 e. The molecule has 1 amide bonds. The van der Waals surface area contributed by atoms with Gasteiger partial charge in [-0.2, -0.15) is 0 Å². The van der Waals surface area contributed by atoms with Gasteiger partial charge < -0.3 is 10.6 Å². The number of nitrogens with one attached hydrogen (secondary N) is 2. The molecule has 21 heavy (non-hydrogen) atoms. The van der Waals surface area contributed by atoms with Crippen LogP contribution in [-0.4, -0.2) is 12.5 Å². The molecule has 108 valence electrons. The minimum Gasteiger partial charge on any atom is -0.384 e. The smallest absolute Gasteiger partial charge is 0.258 e. The van der Waals surface area contributed by atoms with Crippen LogP contribution in [0.1, 0.15) is 15.9 Å². The van der Waals surface area contributed by atoms with Crippen LogP contribution in [0.15, 0.2) is 30.3 Å². The van der Waals surface area contributed by atoms with Gasteiger partial charge in [-0.05, 0) is 42.3 Å². The van der Waals surface area contributed by atoms with Gasteiger partial charge in [0.2, 0.25) is 0 Å². The van der Waals surface area contributed by atoms with E-state index in [4.69, 9.17) is 11.6 Å². The molecule has 1 aliphatic heterocycles. The zero-order valence-electron chi connectivity index (χ0n) is 10.8. The van der Waals surface area contributed by atoms with Gasteiger partial charge in [0.1, 0.15) is 11.6 Å². The van der Waals surface area contributed by atoms with Crippen LogP contribution < -0.4 is 10.6 Å². The van der Waals surface area contributed by atoms with E-state index in [0.29, 0.717) is 5.69 Å². The second-order valence-electron chi connectivity index (χ2n) is 4.75. The fourth-order valence-corrected chi connectivity index (χ4v) is 2.43. The van der Waals surface area contributed by atoms with Crippen molar-refractivity contribution in [1.29, 1.82) is 0 Å². The molecule has 3 rings (SSSR count). The molecule has 0 unspecified atom stereocenters. The molecule has 2 aromatic carbocycles. The SMILES string of the molecule is O=C(Nc1ccc2c(c1)CCN2)c1cc(F)c(Cl)cc1F. The average molecular weight is 309 g/mol. The van der Waals surface area contributed by atoms with Crippen molar-refractivity contribution >= 4 is 28.9 Å². The van der Waals surface area contributed by atoms with Gasteiger partial charge in [-0.25, -0.2) is 8.78 Å². The van der Waals surface area contributed by atoms with Gasteiger partial charge >= 0.3 is 0 Å². The second-order valence-corrected chi connectivity index (χ2v) is 5.16. The summed E-state index contributed by atoms with van der Waals surface area (Å²) in [7, 11) is 0. The highest BCUT2D eigenvalue weighted by molar-refractivity contribution is 6.30. The van der Waals surface area contributed by atoms with Crippen molar-refractivity contribution < 1.29 is 13.6 Å². The number of hydrogen-bond acceptors (Lipinski definition) is 2. The first-order valence-corrected chi connectivity index (χ1v) is 6.75. The number of benzene rings is 2. The molecular formula is C15H11ClF2N2O. The highest BCUT2D eigenvalue weighted by Gasteiger charge is 2.17. The topological polar surface area (TPSA) is 41.1 Å². The lowest BCUT2D eigenvalue weighted by molar-refractivity contribution is 0.102. The van der Waals surface area contributed by atoms with Crippen LogP contribution in [0.25, 0.3) is 0 Å². The summed E-state index contributed by atoms with van der Waals surface area (Å²) in [5.41, 5.74) is 2.26. The summed E-state index contributed by atoms with van der Waals surface area (Å²) in [4.78, 5) is 12.0. The van der Waals surface area contributed by atoms with Gasteiger partial charge in [0, 0.05) is 17.9 Å². The number of rotatable bonds is 2. The van der Waals surface area contributed by atoms with Gasteiger partial charge in [0.25, 0.3) is 5.91 Å². The predicted molar refractivity (Wildman–Crippen MR) is 78.0 cm³/mol. The maximum atomic E-state index is 13.7. The lowest BCUT2D eigenvalue weighted by Crippen LogP contribution is -2.14. The van der Waals surface area contributed by atoms with E-state index in [1.54, 1.807) is 6.07 Å². The standard InChI is InChI=1S/C15H11ClF2N2O/c16-11-7-12(17)10(6-13(11)18)15(21)20-9-1-2-14-8(5-9)3-4-19-14/h1-2,5-7,19H,3-4H2,(H,20,21). The van der Waals surface area contributed by atoms with Crippen LogP contribution in [0.2, 0.25) is 5.02 Å². The lowest BCUT2D eigenvalue weighted by atomic mass is 10.1. The Kier molecular flexibility index (Phi) is 3.51. The third kappa shape index (κ3) is 2.69. The van der Waals surface area contributed by atoms with Crippen LogP contribution in [0.5, 0.6) is 0 Å². The van der Waals surface area contributed by atoms with Crippen molar-refractivity contribution in [3.8, 4) is 0 Å². The van der Waals surface area contributed by atoms with Crippen molar-refractivity contribution in [3.63, 3.8) is 0 Å². The molecule has 6 heteroatoms. The molecule has 0 bridgehead atoms. The van der Waals surface area contributed by atoms with E-state index in [1.165, 1.54) is 0 Å². The Bertz CT molecular complexity index is 734. The zero-order valence-corrected chi connectivity index (χ0v) is 11.6. The van der Waals surface area contributed by atoms with Crippen molar-refractivity contribution in [2.45, 2.75) is 6.42 Å². The first-order chi connectivity index (χ1) is 10.0. The summed E-state index contributed by atoms with van der Waals surface area (Å²) in [5, 5.41) is 5.40. The molecule has 0 fully saturated rings. The van der Waals surface area contributed by atoms with E-state index in [9.17, 15) is 13.6 Å². The Morgan fingerprint density at radius 2 is 2.00 bits per heavy atom. The Morgan fingerprint density at radius 1 is 1.19 bits per heavy atom. The summed E-state index contributed by atoms with van der Waals surface area (Å²) in [6.07, 6.45) is 0.864. The van der Waals surface area contributed by atoms with Gasteiger partial charge in [-0.1, -0.05) is 11.6 Å². The molecule has 3 nitrogen and oxygen atoms in total. The average Bonchev–Trinajstić information content (AvgIpc) is 2.90. The number of carbonyl (C=O) groups is 1. The zero-order chi connectivity index (χ0) is 15.0. The summed E-state index contributed by atoms with van der Waals surface area (Å²) in [5.74, 6) is -2.41. The quantitative estimate of drug-likeness (QED) is 0.828. The first kappa shape index (κ1) is 13.8. The molecule has 2 aromatic rings. The molecule has 1 aliphatic rings. The van der Waals surface area contributed by atoms with Crippen LogP contribution >= 0.6 is 11.6 Å². The van der Waals surface area contributed by atoms with Crippen LogP contribution in [-0.2, 0) is 6.42 Å². The molecule has 0 aliphatic carbocycles. The van der Waals surface area contributed by atoms with Crippen molar-refractivity contribution in [2.75, 3.05) is 17.2 Å². The monoisotopic (exact) mass is 308 g/mol. The van der Waals surface area contributed by atoms with Crippen molar-refractivity contribution in [3.05, 3.63) is 58.1 Å². The number of halogens is 3. The summed E-state index contributed by atoms with van der Waals surface area (Å²) >= 11 is 5.46. The molecule has 0 radical (unpaired) electrons. The highest BCUT2D eigenvalue weighted by atomic mass is 35.5. The minimum atomic E-state index is -0.860. The first-order valence-electron chi connectivity index (χ1n) is 6.37. The number of carbonyl (C=O) groups excluding carboxylic acids is 1. The van der Waals surface area contributed by atoms with E-state index >= 15 is 0 Å². The highest BCUT2D eigenvalue weighted by Crippen LogP contribution is 2.26. The van der Waals surface area contributed by atoms with Crippen LogP contribution in [0, 0.1) is 11.6 Å². The molecule has 0 aromatic heterocycles. The van der Waals surface area contributed by atoms with Crippen molar-refractivity contribution in [1.82, 2.24) is 0 Å². The van der Waals surface area contributed by atoms with Crippen LogP contribution in [0.3, 0.4) is 0 Å². The molecule has 0 atom stereocenters. The summed E-state index contributed by atoms with van der Waals surface area (Å²) in [6.45, 7) is 0.851. The van der Waals surface area contributed by atoms with E-state index in [-0.39, 0.29) is 10.6 Å². The molecule has 0 saturated carbocycles. The normalized spacial score (nSPS) is 12.7. The van der Waals surface area contributed by atoms with Gasteiger partial charge in [-0.15, -0.1) is 0 Å². The molecular weight excluding hydrogens is 298 g/mol. The Labute approximate surface area is 124 Å². The predicted octanol–water partition coefficient (Wildman–Crippen LogP) is 3.84. The number of amides is 1. The van der Waals surface area contributed by atoms with Gasteiger partial charge in [-0.3, -0.25) is 4.79 Å². The largest absolute Gasteiger partial charge is 0.384 e. The Hall–Kier alpha value is -2.14. The third-order valence-electron chi connectivity index (χ3n) is 3.33. The Balaban J connectivity index is 1.85. The number of anilines is 2. The van der Waals surface area contributed by atoms with E-state index < -0.39 is 17.5 Å². The fraction of sp³-hybridized carbons (Fsp3) is 0.133. The molecule has 0 saturated heterocycles. The number of fused-ring (bicyclic) bond motifs is 1.